The van der Waals surface area contributed by atoms with Crippen molar-refractivity contribution in [1.29, 1.82) is 0 Å². The van der Waals surface area contributed by atoms with Gasteiger partial charge in [-0.15, -0.1) is 0 Å². The summed E-state index contributed by atoms with van der Waals surface area (Å²) in [5, 5.41) is 2.57. The number of hydrogen-bond acceptors (Lipinski definition) is 4. The van der Waals surface area contributed by atoms with Crippen molar-refractivity contribution >= 4 is 27.5 Å². The first kappa shape index (κ1) is 26.9. The van der Waals surface area contributed by atoms with Crippen molar-refractivity contribution in [2.24, 2.45) is 0 Å². The fourth-order valence-corrected chi connectivity index (χ4v) is 5.27. The second kappa shape index (κ2) is 11.8. The molecule has 2 amide bonds. The molecular weight excluding hydrogens is 481 g/mol. The van der Waals surface area contributed by atoms with Gasteiger partial charge in [-0.05, 0) is 55.3 Å². The number of nitrogens with zero attached hydrogens (tertiary/aromatic N) is 2. The maximum absolute atomic E-state index is 13.7. The summed E-state index contributed by atoms with van der Waals surface area (Å²) < 4.78 is 41.8. The lowest BCUT2D eigenvalue weighted by atomic mass is 10.1. The molecule has 0 aliphatic rings. The summed E-state index contributed by atoms with van der Waals surface area (Å²) >= 11 is 0. The summed E-state index contributed by atoms with van der Waals surface area (Å²) in [7, 11) is -2.62. The van der Waals surface area contributed by atoms with E-state index in [4.69, 9.17) is 0 Å². The highest BCUT2D eigenvalue weighted by Crippen LogP contribution is 2.25. The van der Waals surface area contributed by atoms with E-state index in [1.165, 1.54) is 48.3 Å². The lowest BCUT2D eigenvalue weighted by molar-refractivity contribution is -0.140. The molecule has 190 valence electrons. The molecule has 0 radical (unpaired) electrons. The first-order chi connectivity index (χ1) is 17.2. The van der Waals surface area contributed by atoms with Crippen LogP contribution in [0.5, 0.6) is 0 Å². The Kier molecular flexibility index (Phi) is 8.82. The highest BCUT2D eigenvalue weighted by atomic mass is 32.2. The Hall–Kier alpha value is -3.72. The lowest BCUT2D eigenvalue weighted by Crippen LogP contribution is -2.51. The van der Waals surface area contributed by atoms with Gasteiger partial charge in [0.1, 0.15) is 18.4 Å². The zero-order valence-corrected chi connectivity index (χ0v) is 21.3. The fraction of sp³-hybridized carbons (Fsp3) is 0.259. The van der Waals surface area contributed by atoms with E-state index in [0.29, 0.717) is 17.7 Å². The quantitative estimate of drug-likeness (QED) is 0.448. The second-order valence-electron chi connectivity index (χ2n) is 8.35. The number of halogens is 1. The minimum atomic E-state index is -4.10. The van der Waals surface area contributed by atoms with Crippen molar-refractivity contribution in [1.82, 2.24) is 10.2 Å². The van der Waals surface area contributed by atoms with Gasteiger partial charge in [-0.1, -0.05) is 55.0 Å². The van der Waals surface area contributed by atoms with Gasteiger partial charge >= 0.3 is 0 Å². The number of nitrogens with one attached hydrogen (secondary N) is 1. The SMILES string of the molecule is CC[C@@H](C(=O)NC)N(Cc1ccc(F)cc1)C(=O)CN(c1ccc(C)cc1)S(=O)(=O)c1ccccc1. The molecule has 3 aromatic carbocycles. The normalized spacial score (nSPS) is 12.0. The summed E-state index contributed by atoms with van der Waals surface area (Å²) in [4.78, 5) is 27.8. The third-order valence-electron chi connectivity index (χ3n) is 5.83. The van der Waals surface area contributed by atoms with Crippen molar-refractivity contribution in [2.45, 2.75) is 37.8 Å². The van der Waals surface area contributed by atoms with Crippen LogP contribution in [0.1, 0.15) is 24.5 Å². The molecule has 0 aliphatic heterocycles. The second-order valence-corrected chi connectivity index (χ2v) is 10.2. The zero-order chi connectivity index (χ0) is 26.3. The minimum Gasteiger partial charge on any atom is -0.357 e. The molecule has 0 aromatic heterocycles. The Bertz CT molecular complexity index is 1280. The largest absolute Gasteiger partial charge is 0.357 e. The molecular formula is C27H30FN3O4S. The maximum Gasteiger partial charge on any atom is 0.264 e. The van der Waals surface area contributed by atoms with Crippen LogP contribution >= 0.6 is 0 Å². The highest BCUT2D eigenvalue weighted by molar-refractivity contribution is 7.92. The van der Waals surface area contributed by atoms with Crippen molar-refractivity contribution < 1.29 is 22.4 Å². The van der Waals surface area contributed by atoms with Crippen LogP contribution in [0.15, 0.2) is 83.8 Å². The molecule has 36 heavy (non-hydrogen) atoms. The van der Waals surface area contributed by atoms with E-state index < -0.39 is 34.3 Å². The zero-order valence-electron chi connectivity index (χ0n) is 20.5. The van der Waals surface area contributed by atoms with Gasteiger partial charge in [-0.3, -0.25) is 13.9 Å². The number of carbonyl (C=O) groups is 2. The van der Waals surface area contributed by atoms with Gasteiger partial charge in [0.15, 0.2) is 0 Å². The van der Waals surface area contributed by atoms with E-state index in [0.717, 1.165) is 9.87 Å². The van der Waals surface area contributed by atoms with Gasteiger partial charge in [-0.2, -0.15) is 0 Å². The highest BCUT2D eigenvalue weighted by Gasteiger charge is 2.33. The molecule has 0 bridgehead atoms. The average molecular weight is 512 g/mol. The minimum absolute atomic E-state index is 0.0121. The molecule has 7 nitrogen and oxygen atoms in total. The smallest absolute Gasteiger partial charge is 0.264 e. The number of likely N-dealkylation sites (N-methyl/N-ethyl adjacent to an activating group) is 1. The van der Waals surface area contributed by atoms with E-state index in [-0.39, 0.29) is 17.3 Å². The molecule has 3 aromatic rings. The number of rotatable bonds is 10. The summed E-state index contributed by atoms with van der Waals surface area (Å²) in [6.45, 7) is 3.14. The topological polar surface area (TPSA) is 86.8 Å². The van der Waals surface area contributed by atoms with E-state index in [2.05, 4.69) is 5.32 Å². The Balaban J connectivity index is 2.03. The van der Waals surface area contributed by atoms with Crippen molar-refractivity contribution in [3.05, 3.63) is 95.8 Å². The molecule has 0 saturated heterocycles. The van der Waals surface area contributed by atoms with E-state index in [9.17, 15) is 22.4 Å². The van der Waals surface area contributed by atoms with Crippen molar-refractivity contribution in [2.75, 3.05) is 17.9 Å². The van der Waals surface area contributed by atoms with E-state index in [1.54, 1.807) is 49.4 Å². The molecule has 3 rings (SSSR count). The van der Waals surface area contributed by atoms with E-state index in [1.807, 2.05) is 6.92 Å². The maximum atomic E-state index is 13.7. The number of anilines is 1. The van der Waals surface area contributed by atoms with E-state index >= 15 is 0 Å². The van der Waals surface area contributed by atoms with Gasteiger partial charge in [0.2, 0.25) is 11.8 Å². The molecule has 1 atom stereocenters. The number of aryl methyl sites for hydroxylation is 1. The molecule has 0 fully saturated rings. The molecule has 1 N–H and O–H groups in total. The Morgan fingerprint density at radius 3 is 2.11 bits per heavy atom. The third kappa shape index (κ3) is 6.28. The average Bonchev–Trinajstić information content (AvgIpc) is 2.89. The predicted molar refractivity (Wildman–Crippen MR) is 137 cm³/mol. The lowest BCUT2D eigenvalue weighted by Gasteiger charge is -2.33. The van der Waals surface area contributed by atoms with Crippen molar-refractivity contribution in [3.8, 4) is 0 Å². The van der Waals surface area contributed by atoms with Crippen LogP contribution in [0.4, 0.5) is 10.1 Å². The molecule has 0 aliphatic carbocycles. The number of carbonyl (C=O) groups excluding carboxylic acids is 2. The van der Waals surface area contributed by atoms with Gasteiger partial charge < -0.3 is 10.2 Å². The van der Waals surface area contributed by atoms with Crippen molar-refractivity contribution in [3.63, 3.8) is 0 Å². The van der Waals surface area contributed by atoms with Gasteiger partial charge in [0, 0.05) is 13.6 Å². The first-order valence-electron chi connectivity index (χ1n) is 11.6. The van der Waals surface area contributed by atoms with Gasteiger partial charge in [0.05, 0.1) is 10.6 Å². The number of sulfonamides is 1. The first-order valence-corrected chi connectivity index (χ1v) is 13.0. The van der Waals surface area contributed by atoms with Crippen LogP contribution in [-0.2, 0) is 26.2 Å². The number of amides is 2. The third-order valence-corrected chi connectivity index (χ3v) is 7.62. The van der Waals surface area contributed by atoms with Crippen LogP contribution in [-0.4, -0.2) is 44.8 Å². The Labute approximate surface area is 211 Å². The van der Waals surface area contributed by atoms with Gasteiger partial charge in [-0.25, -0.2) is 12.8 Å². The van der Waals surface area contributed by atoms with Crippen LogP contribution < -0.4 is 9.62 Å². The molecule has 0 unspecified atom stereocenters. The van der Waals surface area contributed by atoms with Crippen LogP contribution in [0, 0.1) is 12.7 Å². The van der Waals surface area contributed by atoms with Gasteiger partial charge in [0.25, 0.3) is 10.0 Å². The van der Waals surface area contributed by atoms with Crippen LogP contribution in [0.3, 0.4) is 0 Å². The molecule has 0 spiro atoms. The van der Waals surface area contributed by atoms with Crippen LogP contribution in [0.25, 0.3) is 0 Å². The molecule has 9 heteroatoms. The summed E-state index contributed by atoms with van der Waals surface area (Å²) in [5.41, 5.74) is 1.87. The monoisotopic (exact) mass is 511 g/mol. The predicted octanol–water partition coefficient (Wildman–Crippen LogP) is 3.88. The summed E-state index contributed by atoms with van der Waals surface area (Å²) in [5.74, 6) is -1.36. The molecule has 0 heterocycles. The number of hydrogen-bond donors (Lipinski definition) is 1. The summed E-state index contributed by atoms with van der Waals surface area (Å²) in [6, 6.07) is 19.5. The fourth-order valence-electron chi connectivity index (χ4n) is 3.83. The Morgan fingerprint density at radius 2 is 1.56 bits per heavy atom. The standard InChI is InChI=1S/C27H30FN3O4S/c1-4-25(27(33)29-3)30(18-21-12-14-22(28)15-13-21)26(32)19-31(23-16-10-20(2)11-17-23)36(34,35)24-8-6-5-7-9-24/h5-17,25H,4,18-19H2,1-3H3,(H,29,33)/t25-/m0/s1. The Morgan fingerprint density at radius 1 is 0.944 bits per heavy atom. The van der Waals surface area contributed by atoms with Crippen LogP contribution in [0.2, 0.25) is 0 Å². The molecule has 0 saturated carbocycles. The summed E-state index contributed by atoms with van der Waals surface area (Å²) in [6.07, 6.45) is 0.308. The number of benzene rings is 3.